The van der Waals surface area contributed by atoms with Gasteiger partial charge < -0.3 is 59.9 Å². The van der Waals surface area contributed by atoms with Gasteiger partial charge >= 0.3 is 12.2 Å². The first-order valence-electron chi connectivity index (χ1n) is 32.6. The number of hydrogen-bond donors (Lipinski definition) is 5. The van der Waals surface area contributed by atoms with Crippen molar-refractivity contribution >= 4 is 64.8 Å². The van der Waals surface area contributed by atoms with Gasteiger partial charge in [0.25, 0.3) is 5.91 Å². The number of rotatable bonds is 31. The number of piperidine rings is 1. The molecule has 7 rings (SSSR count). The molecule has 2 unspecified atom stereocenters. The molecule has 0 radical (unpaired) electrons. The predicted octanol–water partition coefficient (Wildman–Crippen LogP) is 11.5. The molecule has 91 heavy (non-hydrogen) atoms. The summed E-state index contributed by atoms with van der Waals surface area (Å²) >= 11 is 6.34. The number of methoxy groups -OCH3 is 1. The number of aromatic amines is 1. The molecule has 2 aliphatic heterocycles. The van der Waals surface area contributed by atoms with Crippen LogP contribution in [0.5, 0.6) is 11.5 Å². The SMILES string of the molecule is CC.CCOc1cc(OC)ccc1CN(CCC(CCCNC=O)c1cccc(C(=O)NCCCCCCCC(=O)N2CCN(CCC(NC(=O)C3(NC(=O)OC(C)(C)C)CCN(c4ncnc5[nH]ccc45)CC3)c3ccc(Cl)cc3)CC2)c1)C(=O)OC(C)(C)C. The zero-order chi connectivity index (χ0) is 66.0. The lowest BCUT2D eigenvalue weighted by Gasteiger charge is -2.42. The smallest absolute Gasteiger partial charge is 0.410 e. The number of nitrogens with one attached hydrogen (secondary N) is 5. The molecule has 4 heterocycles. The Bertz CT molecular complexity index is 3100. The minimum atomic E-state index is -1.26. The van der Waals surface area contributed by atoms with Crippen molar-refractivity contribution in [2.45, 2.75) is 175 Å². The average molecular weight is 1280 g/mol. The molecule has 2 aromatic heterocycles. The van der Waals surface area contributed by atoms with E-state index >= 15 is 0 Å². The third-order valence-corrected chi connectivity index (χ3v) is 16.5. The summed E-state index contributed by atoms with van der Waals surface area (Å²) in [4.78, 5) is 100. The Morgan fingerprint density at radius 1 is 0.791 bits per heavy atom. The van der Waals surface area contributed by atoms with Crippen LogP contribution in [0.2, 0.25) is 5.02 Å². The number of carbonyl (C=O) groups excluding carboxylic acids is 6. The standard InChI is InChI=1S/C67H94ClN11O10.C2H6/c1-9-87-57-44-54(86-8)26-23-52(57)45-79(64(85)89-66(5,6)7)36-28-48(19-16-32-69-47-80)50-17-15-18-51(43-50)61(82)71-33-14-12-10-11-13-20-58(81)77-41-39-76(40-42-77)35-29-56(49-21-24-53(68)25-22-49)74-62(83)67(75-63(84)88-65(2,3)4)30-37-78(38-31-67)60-55-27-34-70-59(55)72-46-73-60;1-2/h15,17-18,21-27,34,43-44,46-48,56H,9-14,16,19-20,28-33,35-42,45H2,1-8H3,(H,69,80)(H,71,82)(H,74,83)(H,75,84)(H,70,72,73);1-2H3. The lowest BCUT2D eigenvalue weighted by molar-refractivity contribution is -0.133. The second-order valence-electron chi connectivity index (χ2n) is 25.1. The summed E-state index contributed by atoms with van der Waals surface area (Å²) in [5.74, 6) is 1.71. The first-order chi connectivity index (χ1) is 43.7. The number of piperazine rings is 1. The van der Waals surface area contributed by atoms with Crippen LogP contribution in [0, 0.1) is 0 Å². The molecule has 3 aromatic carbocycles. The zero-order valence-electron chi connectivity index (χ0n) is 55.4. The molecule has 6 amide bonds. The van der Waals surface area contributed by atoms with Crippen LogP contribution in [0.25, 0.3) is 11.0 Å². The summed E-state index contributed by atoms with van der Waals surface area (Å²) in [6, 6.07) is 22.2. The Kier molecular flexibility index (Phi) is 28.5. The monoisotopic (exact) mass is 1280 g/mol. The number of alkyl carbamates (subject to hydrolysis) is 1. The van der Waals surface area contributed by atoms with Gasteiger partial charge in [0.15, 0.2) is 0 Å². The topological polar surface area (TPSA) is 242 Å². The largest absolute Gasteiger partial charge is 0.497 e. The number of halogens is 1. The van der Waals surface area contributed by atoms with Gasteiger partial charge in [-0.05, 0) is 159 Å². The molecule has 0 aliphatic carbocycles. The van der Waals surface area contributed by atoms with Crippen molar-refractivity contribution in [1.82, 2.24) is 50.9 Å². The van der Waals surface area contributed by atoms with E-state index in [4.69, 9.17) is 30.5 Å². The molecule has 5 aromatic rings. The quantitative estimate of drug-likeness (QED) is 0.0205. The zero-order valence-corrected chi connectivity index (χ0v) is 56.2. The maximum Gasteiger partial charge on any atom is 0.410 e. The Hall–Kier alpha value is -7.65. The summed E-state index contributed by atoms with van der Waals surface area (Å²) in [6.07, 6.45) is 11.0. The number of amides is 6. The summed E-state index contributed by atoms with van der Waals surface area (Å²) in [7, 11) is 1.60. The maximum atomic E-state index is 14.7. The number of aromatic nitrogens is 3. The van der Waals surface area contributed by atoms with Crippen molar-refractivity contribution in [3.05, 3.63) is 113 Å². The van der Waals surface area contributed by atoms with Gasteiger partial charge in [0.2, 0.25) is 18.2 Å². The van der Waals surface area contributed by atoms with E-state index in [1.165, 1.54) is 6.33 Å². The Labute approximate surface area is 543 Å². The lowest BCUT2D eigenvalue weighted by atomic mass is 9.85. The number of nitrogens with zero attached hydrogens (tertiary/aromatic N) is 6. The van der Waals surface area contributed by atoms with Crippen LogP contribution in [0.15, 0.2) is 85.3 Å². The van der Waals surface area contributed by atoms with Gasteiger partial charge in [-0.15, -0.1) is 0 Å². The van der Waals surface area contributed by atoms with Crippen LogP contribution < -0.4 is 35.6 Å². The Morgan fingerprint density at radius 3 is 2.20 bits per heavy atom. The highest BCUT2D eigenvalue weighted by molar-refractivity contribution is 6.30. The van der Waals surface area contributed by atoms with Crippen molar-refractivity contribution < 1.29 is 47.7 Å². The first-order valence-corrected chi connectivity index (χ1v) is 33.0. The maximum absolute atomic E-state index is 14.7. The van der Waals surface area contributed by atoms with Crippen molar-refractivity contribution in [2.24, 2.45) is 0 Å². The van der Waals surface area contributed by atoms with E-state index < -0.39 is 35.0 Å². The van der Waals surface area contributed by atoms with Crippen LogP contribution in [0.1, 0.15) is 178 Å². The summed E-state index contributed by atoms with van der Waals surface area (Å²) in [6.45, 7) is 23.1. The minimum absolute atomic E-state index is 0.0323. The van der Waals surface area contributed by atoms with Crippen LogP contribution in [-0.2, 0) is 30.4 Å². The molecule has 5 N–H and O–H groups in total. The van der Waals surface area contributed by atoms with Gasteiger partial charge in [-0.1, -0.05) is 69.0 Å². The average Bonchev–Trinajstić information content (AvgIpc) is 1.98. The number of carbonyl (C=O) groups is 6. The molecule has 0 spiro atoms. The minimum Gasteiger partial charge on any atom is -0.497 e. The van der Waals surface area contributed by atoms with Gasteiger partial charge in [-0.2, -0.15) is 0 Å². The number of hydrogen-bond acceptors (Lipinski definition) is 14. The number of ether oxygens (including phenoxy) is 4. The fraction of sp³-hybridized carbons (Fsp3) is 0.565. The van der Waals surface area contributed by atoms with Crippen LogP contribution in [0.3, 0.4) is 0 Å². The third-order valence-electron chi connectivity index (χ3n) is 16.2. The number of H-pyrrole nitrogens is 1. The first kappa shape index (κ1) is 72.4. The van der Waals surface area contributed by atoms with Crippen molar-refractivity contribution in [1.29, 1.82) is 0 Å². The molecule has 21 nitrogen and oxygen atoms in total. The van der Waals surface area contributed by atoms with Crippen LogP contribution >= 0.6 is 11.6 Å². The molecular weight excluding hydrogens is 1180 g/mol. The molecule has 2 saturated heterocycles. The van der Waals surface area contributed by atoms with Gasteiger partial charge in [-0.25, -0.2) is 19.6 Å². The fourth-order valence-electron chi connectivity index (χ4n) is 11.4. The van der Waals surface area contributed by atoms with E-state index in [0.29, 0.717) is 145 Å². The van der Waals surface area contributed by atoms with Crippen LogP contribution in [-0.4, -0.2) is 162 Å². The van der Waals surface area contributed by atoms with Gasteiger partial charge in [0.05, 0.1) is 31.7 Å². The van der Waals surface area contributed by atoms with E-state index in [1.54, 1.807) is 32.8 Å². The Morgan fingerprint density at radius 2 is 1.51 bits per heavy atom. The molecule has 2 aliphatic rings. The molecule has 2 atom stereocenters. The van der Waals surface area contributed by atoms with E-state index in [-0.39, 0.29) is 30.2 Å². The number of unbranched alkanes of at least 4 members (excludes halogenated alkanes) is 4. The van der Waals surface area contributed by atoms with Crippen molar-refractivity contribution in [3.63, 3.8) is 0 Å². The van der Waals surface area contributed by atoms with Gasteiger partial charge in [0.1, 0.15) is 46.0 Å². The Balaban J connectivity index is 0.00000652. The van der Waals surface area contributed by atoms with E-state index in [2.05, 4.69) is 46.0 Å². The van der Waals surface area contributed by atoms with E-state index in [0.717, 1.165) is 65.6 Å². The molecular formula is C69H100ClN11O10. The highest BCUT2D eigenvalue weighted by Gasteiger charge is 2.45. The van der Waals surface area contributed by atoms with Gasteiger partial charge in [0, 0.05) is 100 Å². The third kappa shape index (κ3) is 22.9. The highest BCUT2D eigenvalue weighted by Crippen LogP contribution is 2.33. The fourth-order valence-corrected chi connectivity index (χ4v) is 11.6. The van der Waals surface area contributed by atoms with E-state index in [1.807, 2.05) is 125 Å². The highest BCUT2D eigenvalue weighted by atomic mass is 35.5. The molecule has 0 bridgehead atoms. The van der Waals surface area contributed by atoms with Crippen molar-refractivity contribution in [2.75, 3.05) is 84.1 Å². The number of fused-ring (bicyclic) bond motifs is 1. The lowest BCUT2D eigenvalue weighted by Crippen LogP contribution is -2.64. The number of benzene rings is 3. The summed E-state index contributed by atoms with van der Waals surface area (Å²) in [5.41, 5.74) is 1.23. The second kappa shape index (κ2) is 35.8. The molecule has 22 heteroatoms. The van der Waals surface area contributed by atoms with E-state index in [9.17, 15) is 28.8 Å². The normalized spacial score (nSPS) is 14.8. The predicted molar refractivity (Wildman–Crippen MR) is 357 cm³/mol. The number of anilines is 1. The summed E-state index contributed by atoms with van der Waals surface area (Å²) in [5, 5.41) is 13.7. The molecule has 0 saturated carbocycles. The van der Waals surface area contributed by atoms with Crippen molar-refractivity contribution in [3.8, 4) is 11.5 Å². The molecule has 498 valence electrons. The summed E-state index contributed by atoms with van der Waals surface area (Å²) < 4.78 is 23.0. The van der Waals surface area contributed by atoms with Crippen LogP contribution in [0.4, 0.5) is 15.4 Å². The molecule has 2 fully saturated rings. The second-order valence-corrected chi connectivity index (χ2v) is 25.6. The van der Waals surface area contributed by atoms with Gasteiger partial charge in [-0.3, -0.25) is 24.1 Å².